The molecular formula is C15H17N3O6. The second kappa shape index (κ2) is 8.57. The largest absolute Gasteiger partial charge is 0.465 e. The number of hydrogen-bond donors (Lipinski definition) is 0. The molecule has 0 aliphatic heterocycles. The molecule has 1 aromatic heterocycles. The Morgan fingerprint density at radius 1 is 1.29 bits per heavy atom. The molecule has 0 saturated carbocycles. The monoisotopic (exact) mass is 335 g/mol. The number of aromatic nitrogens is 1. The van der Waals surface area contributed by atoms with E-state index in [9.17, 15) is 19.7 Å². The first-order valence-corrected chi connectivity index (χ1v) is 7.26. The highest BCUT2D eigenvalue weighted by Crippen LogP contribution is 2.32. The molecule has 0 saturated heterocycles. The second-order valence-electron chi connectivity index (χ2n) is 4.66. The lowest BCUT2D eigenvalue weighted by atomic mass is 9.79. The van der Waals surface area contributed by atoms with Crippen LogP contribution in [0.1, 0.15) is 32.4 Å². The molecule has 128 valence electrons. The molecule has 0 unspecified atom stereocenters. The summed E-state index contributed by atoms with van der Waals surface area (Å²) in [5.41, 5.74) is -2.28. The highest BCUT2D eigenvalue weighted by Gasteiger charge is 2.51. The molecule has 0 bridgehead atoms. The lowest BCUT2D eigenvalue weighted by Gasteiger charge is -2.27. The van der Waals surface area contributed by atoms with Gasteiger partial charge in [-0.3, -0.25) is 24.7 Å². The van der Waals surface area contributed by atoms with Crippen LogP contribution in [0.25, 0.3) is 0 Å². The number of nitrogens with zero attached hydrogens (tertiary/aromatic N) is 3. The van der Waals surface area contributed by atoms with Crippen molar-refractivity contribution < 1.29 is 24.0 Å². The maximum atomic E-state index is 12.5. The average Bonchev–Trinajstić information content (AvgIpc) is 2.56. The van der Waals surface area contributed by atoms with E-state index in [1.807, 2.05) is 6.07 Å². The minimum atomic E-state index is -1.93. The first kappa shape index (κ1) is 19.0. The van der Waals surface area contributed by atoms with Gasteiger partial charge in [-0.25, -0.2) is 0 Å². The molecule has 0 radical (unpaired) electrons. The Hall–Kier alpha value is -3.02. The summed E-state index contributed by atoms with van der Waals surface area (Å²) in [6.07, 6.45) is 0.608. The van der Waals surface area contributed by atoms with Gasteiger partial charge in [0.1, 0.15) is 6.20 Å². The van der Waals surface area contributed by atoms with Crippen molar-refractivity contribution in [2.75, 3.05) is 13.2 Å². The predicted octanol–water partition coefficient (Wildman–Crippen LogP) is 1.66. The maximum Gasteiger partial charge on any atom is 0.329 e. The maximum absolute atomic E-state index is 12.5. The van der Waals surface area contributed by atoms with E-state index in [0.717, 1.165) is 12.3 Å². The van der Waals surface area contributed by atoms with Crippen LogP contribution in [-0.4, -0.2) is 35.1 Å². The molecule has 0 amide bonds. The van der Waals surface area contributed by atoms with E-state index in [4.69, 9.17) is 14.7 Å². The molecule has 0 N–H and O–H groups in total. The highest BCUT2D eigenvalue weighted by atomic mass is 16.6. The Kier molecular flexibility index (Phi) is 6.79. The number of carbonyl (C=O) groups excluding carboxylic acids is 2. The summed E-state index contributed by atoms with van der Waals surface area (Å²) in [7, 11) is 0. The highest BCUT2D eigenvalue weighted by molar-refractivity contribution is 6.06. The molecule has 0 spiro atoms. The number of esters is 2. The van der Waals surface area contributed by atoms with Gasteiger partial charge in [0.15, 0.2) is 0 Å². The first-order chi connectivity index (χ1) is 11.4. The summed E-state index contributed by atoms with van der Waals surface area (Å²) in [6.45, 7) is 3.17. The number of rotatable bonds is 8. The topological polar surface area (TPSA) is 132 Å². The summed E-state index contributed by atoms with van der Waals surface area (Å²) in [5, 5.41) is 19.6. The molecule has 1 rings (SSSR count). The molecule has 0 aromatic carbocycles. The van der Waals surface area contributed by atoms with E-state index >= 15 is 0 Å². The third kappa shape index (κ3) is 3.84. The molecule has 1 heterocycles. The molecule has 1 aromatic rings. The molecule has 0 fully saturated rings. The lowest BCUT2D eigenvalue weighted by molar-refractivity contribution is -0.385. The molecule has 9 nitrogen and oxygen atoms in total. The zero-order valence-electron chi connectivity index (χ0n) is 13.4. The van der Waals surface area contributed by atoms with Gasteiger partial charge in [0.25, 0.3) is 5.69 Å². The van der Waals surface area contributed by atoms with Gasteiger partial charge in [0.05, 0.1) is 29.9 Å². The van der Waals surface area contributed by atoms with E-state index in [0.29, 0.717) is 0 Å². The van der Waals surface area contributed by atoms with Gasteiger partial charge in [-0.05, 0) is 26.3 Å². The fraction of sp³-hybridized carbons (Fsp3) is 0.467. The zero-order valence-corrected chi connectivity index (χ0v) is 13.4. The number of ether oxygens (including phenoxy) is 2. The van der Waals surface area contributed by atoms with E-state index in [-0.39, 0.29) is 37.4 Å². The molecule has 24 heavy (non-hydrogen) atoms. The molecule has 0 aliphatic rings. The standard InChI is InChI=1S/C15H17N3O6/c1-3-23-13(19)15(8-5-9-16,14(20)24-4-2)12-7-6-11(10-17-12)18(21)22/h6-7,10H,3-5,8H2,1-2H3. The van der Waals surface area contributed by atoms with Crippen LogP contribution in [0.3, 0.4) is 0 Å². The van der Waals surface area contributed by atoms with Crippen LogP contribution in [0, 0.1) is 21.4 Å². The number of pyridine rings is 1. The minimum Gasteiger partial charge on any atom is -0.465 e. The Morgan fingerprint density at radius 2 is 1.88 bits per heavy atom. The summed E-state index contributed by atoms with van der Waals surface area (Å²) in [5.74, 6) is -1.81. The van der Waals surface area contributed by atoms with Crippen molar-refractivity contribution in [2.24, 2.45) is 0 Å². The Morgan fingerprint density at radius 3 is 2.25 bits per heavy atom. The number of hydrogen-bond acceptors (Lipinski definition) is 8. The van der Waals surface area contributed by atoms with Crippen LogP contribution in [0.2, 0.25) is 0 Å². The van der Waals surface area contributed by atoms with Crippen molar-refractivity contribution in [3.05, 3.63) is 34.1 Å². The average molecular weight is 335 g/mol. The molecular weight excluding hydrogens is 318 g/mol. The lowest BCUT2D eigenvalue weighted by Crippen LogP contribution is -2.47. The first-order valence-electron chi connectivity index (χ1n) is 7.26. The quantitative estimate of drug-likeness (QED) is 0.303. The summed E-state index contributed by atoms with van der Waals surface area (Å²) in [4.78, 5) is 39.0. The van der Waals surface area contributed by atoms with Crippen LogP contribution in [0.15, 0.2) is 18.3 Å². The Labute approximate surface area is 138 Å². The molecule has 9 heteroatoms. The third-order valence-electron chi connectivity index (χ3n) is 3.26. The normalized spacial score (nSPS) is 10.5. The van der Waals surface area contributed by atoms with Gasteiger partial charge in [-0.1, -0.05) is 0 Å². The number of carbonyl (C=O) groups is 2. The van der Waals surface area contributed by atoms with Gasteiger partial charge >= 0.3 is 11.9 Å². The Balaban J connectivity index is 3.47. The van der Waals surface area contributed by atoms with Gasteiger partial charge < -0.3 is 9.47 Å². The van der Waals surface area contributed by atoms with Gasteiger partial charge in [0.2, 0.25) is 5.41 Å². The predicted molar refractivity (Wildman–Crippen MR) is 80.7 cm³/mol. The van der Waals surface area contributed by atoms with Crippen LogP contribution < -0.4 is 0 Å². The fourth-order valence-corrected chi connectivity index (χ4v) is 2.12. The van der Waals surface area contributed by atoms with Crippen molar-refractivity contribution in [2.45, 2.75) is 32.1 Å². The van der Waals surface area contributed by atoms with Crippen molar-refractivity contribution in [3.63, 3.8) is 0 Å². The number of nitro groups is 1. The summed E-state index contributed by atoms with van der Waals surface area (Å²) in [6, 6.07) is 4.19. The van der Waals surface area contributed by atoms with Crippen LogP contribution in [0.4, 0.5) is 5.69 Å². The SMILES string of the molecule is CCOC(=O)C(CCC#N)(C(=O)OCC)c1ccc([N+](=O)[O-])cn1. The van der Waals surface area contributed by atoms with Crippen molar-refractivity contribution in [1.82, 2.24) is 4.98 Å². The zero-order chi connectivity index (χ0) is 18.2. The number of nitriles is 1. The van der Waals surface area contributed by atoms with Crippen LogP contribution in [0.5, 0.6) is 0 Å². The van der Waals surface area contributed by atoms with E-state index in [2.05, 4.69) is 4.98 Å². The Bertz CT molecular complexity index is 632. The van der Waals surface area contributed by atoms with Crippen LogP contribution in [-0.2, 0) is 24.5 Å². The van der Waals surface area contributed by atoms with Gasteiger partial charge in [0, 0.05) is 12.5 Å². The van der Waals surface area contributed by atoms with Crippen molar-refractivity contribution in [1.29, 1.82) is 5.26 Å². The van der Waals surface area contributed by atoms with E-state index in [1.54, 1.807) is 13.8 Å². The van der Waals surface area contributed by atoms with Crippen LogP contribution >= 0.6 is 0 Å². The van der Waals surface area contributed by atoms with E-state index < -0.39 is 22.3 Å². The summed E-state index contributed by atoms with van der Waals surface area (Å²) >= 11 is 0. The van der Waals surface area contributed by atoms with Crippen molar-refractivity contribution in [3.8, 4) is 6.07 Å². The molecule has 0 aliphatic carbocycles. The fourth-order valence-electron chi connectivity index (χ4n) is 2.12. The smallest absolute Gasteiger partial charge is 0.329 e. The molecule has 0 atom stereocenters. The second-order valence-corrected chi connectivity index (χ2v) is 4.66. The third-order valence-corrected chi connectivity index (χ3v) is 3.26. The van der Waals surface area contributed by atoms with E-state index in [1.165, 1.54) is 6.07 Å². The van der Waals surface area contributed by atoms with Gasteiger partial charge in [-0.2, -0.15) is 5.26 Å². The minimum absolute atomic E-state index is 0.0134. The van der Waals surface area contributed by atoms with Crippen molar-refractivity contribution >= 4 is 17.6 Å². The van der Waals surface area contributed by atoms with Gasteiger partial charge in [-0.15, -0.1) is 0 Å². The summed E-state index contributed by atoms with van der Waals surface area (Å²) < 4.78 is 9.96.